The zero-order valence-corrected chi connectivity index (χ0v) is 15.2. The molecule has 1 atom stereocenters. The third kappa shape index (κ3) is 3.24. The number of hydrogen-bond donors (Lipinski definition) is 2. The summed E-state index contributed by atoms with van der Waals surface area (Å²) in [5, 5.41) is 8.30. The molecular weight excluding hydrogens is 352 g/mol. The van der Waals surface area contributed by atoms with Crippen LogP contribution in [0.1, 0.15) is 23.7 Å². The predicted octanol–water partition coefficient (Wildman–Crippen LogP) is 2.21. The molecule has 136 valence electrons. The molecule has 1 aromatic carbocycles. The van der Waals surface area contributed by atoms with Crippen LogP contribution in [-0.4, -0.2) is 40.6 Å². The topological polar surface area (TPSA) is 96.9 Å². The largest absolute Gasteiger partial charge is 0.361 e. The number of nitrogens with one attached hydrogen (secondary N) is 2. The SMILES string of the molecule is Cc1cc(NC(=O)Cc2c[nH]c3ccccc23)n(C2CCS(=O)(=O)C2)n1. The second-order valence-corrected chi connectivity index (χ2v) is 8.99. The molecule has 2 aromatic heterocycles. The molecule has 1 saturated heterocycles. The van der Waals surface area contributed by atoms with E-state index in [1.54, 1.807) is 10.7 Å². The number of fused-ring (bicyclic) bond motifs is 1. The normalized spacial score (nSPS) is 19.0. The molecule has 0 bridgehead atoms. The lowest BCUT2D eigenvalue weighted by Gasteiger charge is -2.13. The predicted molar refractivity (Wildman–Crippen MR) is 99.9 cm³/mol. The molecule has 1 aliphatic rings. The van der Waals surface area contributed by atoms with Crippen LogP contribution in [-0.2, 0) is 21.1 Å². The number of H-pyrrole nitrogens is 1. The van der Waals surface area contributed by atoms with Crippen molar-refractivity contribution in [1.29, 1.82) is 0 Å². The van der Waals surface area contributed by atoms with E-state index in [9.17, 15) is 13.2 Å². The molecule has 0 radical (unpaired) electrons. The highest BCUT2D eigenvalue weighted by Gasteiger charge is 2.31. The van der Waals surface area contributed by atoms with Gasteiger partial charge in [-0.1, -0.05) is 18.2 Å². The number of rotatable bonds is 4. The second kappa shape index (κ2) is 6.28. The Hall–Kier alpha value is -2.61. The van der Waals surface area contributed by atoms with Crippen LogP contribution in [0.2, 0.25) is 0 Å². The summed E-state index contributed by atoms with van der Waals surface area (Å²) in [7, 11) is -3.02. The van der Waals surface area contributed by atoms with Gasteiger partial charge in [0.1, 0.15) is 5.82 Å². The van der Waals surface area contributed by atoms with Crippen molar-refractivity contribution in [1.82, 2.24) is 14.8 Å². The number of aromatic nitrogens is 3. The van der Waals surface area contributed by atoms with Crippen LogP contribution in [0.5, 0.6) is 0 Å². The summed E-state index contributed by atoms with van der Waals surface area (Å²) >= 11 is 0. The lowest BCUT2D eigenvalue weighted by atomic mass is 10.1. The third-order valence-corrected chi connectivity index (χ3v) is 6.46. The molecule has 8 heteroatoms. The van der Waals surface area contributed by atoms with Crippen LogP contribution in [0.3, 0.4) is 0 Å². The maximum absolute atomic E-state index is 12.5. The van der Waals surface area contributed by atoms with Gasteiger partial charge >= 0.3 is 0 Å². The number of benzene rings is 1. The van der Waals surface area contributed by atoms with Crippen LogP contribution >= 0.6 is 0 Å². The van der Waals surface area contributed by atoms with Crippen molar-refractivity contribution in [3.05, 3.63) is 47.8 Å². The smallest absolute Gasteiger partial charge is 0.230 e. The highest BCUT2D eigenvalue weighted by Crippen LogP contribution is 2.27. The summed E-state index contributed by atoms with van der Waals surface area (Å²) < 4.78 is 25.2. The van der Waals surface area contributed by atoms with Gasteiger partial charge in [-0.3, -0.25) is 4.79 Å². The van der Waals surface area contributed by atoms with Crippen LogP contribution in [0, 0.1) is 6.92 Å². The van der Waals surface area contributed by atoms with Crippen molar-refractivity contribution in [2.24, 2.45) is 0 Å². The van der Waals surface area contributed by atoms with E-state index in [1.165, 1.54) is 0 Å². The Morgan fingerprint density at radius 1 is 1.38 bits per heavy atom. The molecule has 0 spiro atoms. The summed E-state index contributed by atoms with van der Waals surface area (Å²) in [5.74, 6) is 0.629. The van der Waals surface area contributed by atoms with E-state index in [0.29, 0.717) is 12.2 Å². The van der Waals surface area contributed by atoms with E-state index in [4.69, 9.17) is 0 Å². The monoisotopic (exact) mass is 372 g/mol. The first kappa shape index (κ1) is 16.8. The van der Waals surface area contributed by atoms with E-state index < -0.39 is 9.84 Å². The number of carbonyl (C=O) groups excluding carboxylic acids is 1. The van der Waals surface area contributed by atoms with Crippen molar-refractivity contribution >= 4 is 32.5 Å². The van der Waals surface area contributed by atoms with Crippen molar-refractivity contribution < 1.29 is 13.2 Å². The van der Waals surface area contributed by atoms with Gasteiger partial charge in [0.25, 0.3) is 0 Å². The standard InChI is InChI=1S/C18H20N4O3S/c1-12-8-17(22(21-12)14-6-7-26(24,25)11-14)20-18(23)9-13-10-19-16-5-3-2-4-15(13)16/h2-5,8,10,14,19H,6-7,9,11H2,1H3,(H,20,23). The van der Waals surface area contributed by atoms with Gasteiger partial charge in [-0.15, -0.1) is 0 Å². The summed E-state index contributed by atoms with van der Waals surface area (Å²) in [6, 6.07) is 9.38. The maximum atomic E-state index is 12.5. The molecule has 0 saturated carbocycles. The minimum absolute atomic E-state index is 0.0689. The minimum Gasteiger partial charge on any atom is -0.361 e. The van der Waals surface area contributed by atoms with Gasteiger partial charge in [0.15, 0.2) is 9.84 Å². The molecule has 2 N–H and O–H groups in total. The Bertz CT molecular complexity index is 1080. The summed E-state index contributed by atoms with van der Waals surface area (Å²) in [6.45, 7) is 1.83. The number of amides is 1. The fraction of sp³-hybridized carbons (Fsp3) is 0.333. The average molecular weight is 372 g/mol. The Balaban J connectivity index is 1.53. The highest BCUT2D eigenvalue weighted by atomic mass is 32.2. The second-order valence-electron chi connectivity index (χ2n) is 6.76. The molecular formula is C18H20N4O3S. The number of para-hydroxylation sites is 1. The Morgan fingerprint density at radius 3 is 2.96 bits per heavy atom. The molecule has 1 aliphatic heterocycles. The molecule has 3 heterocycles. The molecule has 3 aromatic rings. The average Bonchev–Trinajstić information content (AvgIpc) is 3.25. The first-order chi connectivity index (χ1) is 12.4. The Morgan fingerprint density at radius 2 is 2.19 bits per heavy atom. The summed E-state index contributed by atoms with van der Waals surface area (Å²) in [5.41, 5.74) is 2.66. The van der Waals surface area contributed by atoms with E-state index in [-0.39, 0.29) is 29.9 Å². The van der Waals surface area contributed by atoms with Gasteiger partial charge in [0.05, 0.1) is 29.7 Å². The van der Waals surface area contributed by atoms with Crippen LogP contribution in [0.15, 0.2) is 36.5 Å². The maximum Gasteiger partial charge on any atom is 0.230 e. The van der Waals surface area contributed by atoms with Crippen LogP contribution in [0.25, 0.3) is 10.9 Å². The fourth-order valence-electron chi connectivity index (χ4n) is 3.49. The molecule has 26 heavy (non-hydrogen) atoms. The third-order valence-electron chi connectivity index (χ3n) is 4.71. The van der Waals surface area contributed by atoms with E-state index in [1.807, 2.05) is 37.4 Å². The summed E-state index contributed by atoms with van der Waals surface area (Å²) in [4.78, 5) is 15.7. The number of hydrogen-bond acceptors (Lipinski definition) is 4. The van der Waals surface area contributed by atoms with Gasteiger partial charge < -0.3 is 10.3 Å². The van der Waals surface area contributed by atoms with E-state index in [0.717, 1.165) is 22.2 Å². The van der Waals surface area contributed by atoms with Crippen LogP contribution in [0.4, 0.5) is 5.82 Å². The first-order valence-corrected chi connectivity index (χ1v) is 10.3. The lowest BCUT2D eigenvalue weighted by molar-refractivity contribution is -0.115. The highest BCUT2D eigenvalue weighted by molar-refractivity contribution is 7.91. The van der Waals surface area contributed by atoms with Crippen molar-refractivity contribution in [2.45, 2.75) is 25.8 Å². The first-order valence-electron chi connectivity index (χ1n) is 8.53. The van der Waals surface area contributed by atoms with Gasteiger partial charge in [-0.05, 0) is 25.0 Å². The zero-order valence-electron chi connectivity index (χ0n) is 14.4. The zero-order chi connectivity index (χ0) is 18.3. The van der Waals surface area contributed by atoms with Gasteiger partial charge in [-0.25, -0.2) is 13.1 Å². The van der Waals surface area contributed by atoms with Crippen molar-refractivity contribution in [3.63, 3.8) is 0 Å². The number of aryl methyl sites for hydroxylation is 1. The van der Waals surface area contributed by atoms with Crippen molar-refractivity contribution in [2.75, 3.05) is 16.8 Å². The van der Waals surface area contributed by atoms with Gasteiger partial charge in [0.2, 0.25) is 5.91 Å². The summed E-state index contributed by atoms with van der Waals surface area (Å²) in [6.07, 6.45) is 2.60. The number of sulfone groups is 1. The molecule has 1 amide bonds. The number of aromatic amines is 1. The van der Waals surface area contributed by atoms with Crippen molar-refractivity contribution in [3.8, 4) is 0 Å². The number of nitrogens with zero attached hydrogens (tertiary/aromatic N) is 2. The number of carbonyl (C=O) groups is 1. The van der Waals surface area contributed by atoms with Crippen LogP contribution < -0.4 is 5.32 Å². The molecule has 0 aliphatic carbocycles. The number of anilines is 1. The molecule has 4 rings (SSSR count). The lowest BCUT2D eigenvalue weighted by Crippen LogP contribution is -2.20. The fourth-order valence-corrected chi connectivity index (χ4v) is 5.19. The molecule has 7 nitrogen and oxygen atoms in total. The van der Waals surface area contributed by atoms with E-state index in [2.05, 4.69) is 15.4 Å². The van der Waals surface area contributed by atoms with Gasteiger partial charge in [0, 0.05) is 23.2 Å². The van der Waals surface area contributed by atoms with Gasteiger partial charge in [-0.2, -0.15) is 5.10 Å². The quantitative estimate of drug-likeness (QED) is 0.734. The Kier molecular flexibility index (Phi) is 4.07. The van der Waals surface area contributed by atoms with E-state index >= 15 is 0 Å². The molecule has 1 unspecified atom stereocenters. The minimum atomic E-state index is -3.02. The molecule has 1 fully saturated rings. The Labute approximate surface area is 151 Å².